The molecule has 0 spiro atoms. The quantitative estimate of drug-likeness (QED) is 0.744. The first kappa shape index (κ1) is 10.3. The lowest BCUT2D eigenvalue weighted by molar-refractivity contribution is 1.18. The smallest absolute Gasteiger partial charge is 0.0285 e. The Bertz CT molecular complexity index is 256. The molecule has 64 valence electrons. The van der Waals surface area contributed by atoms with Gasteiger partial charge in [-0.15, -0.1) is 0 Å². The van der Waals surface area contributed by atoms with Crippen molar-refractivity contribution < 1.29 is 0 Å². The largest absolute Gasteiger partial charge is 0.0876 e. The molecule has 0 bridgehead atoms. The molecular weight excluding hydrogens is 280 g/mol. The van der Waals surface area contributed by atoms with Gasteiger partial charge in [0.1, 0.15) is 0 Å². The molecule has 2 radical (unpaired) electrons. The first-order valence-corrected chi connectivity index (χ1v) is 5.98. The zero-order valence-corrected chi connectivity index (χ0v) is 9.86. The van der Waals surface area contributed by atoms with Crippen molar-refractivity contribution in [2.24, 2.45) is 0 Å². The highest BCUT2D eigenvalue weighted by Gasteiger charge is 1.99. The van der Waals surface area contributed by atoms with Crippen molar-refractivity contribution in [1.82, 2.24) is 0 Å². The number of rotatable bonds is 3. The maximum Gasteiger partial charge on any atom is 0.0285 e. The third-order valence-electron chi connectivity index (χ3n) is 1.79. The second kappa shape index (κ2) is 5.03. The van der Waals surface area contributed by atoms with E-state index in [-0.39, 0.29) is 0 Å². The van der Waals surface area contributed by atoms with Crippen LogP contribution in [0.15, 0.2) is 18.2 Å². The fourth-order valence-corrected chi connectivity index (χ4v) is 1.98. The Morgan fingerprint density at radius 2 is 1.83 bits per heavy atom. The summed E-state index contributed by atoms with van der Waals surface area (Å²) in [6.07, 6.45) is 0.613. The number of halogens is 2. The summed E-state index contributed by atoms with van der Waals surface area (Å²) in [6, 6.07) is 6.38. The van der Waals surface area contributed by atoms with Gasteiger partial charge in [0.2, 0.25) is 0 Å². The topological polar surface area (TPSA) is 0 Å². The second-order valence-corrected chi connectivity index (χ2v) is 3.70. The summed E-state index contributed by atoms with van der Waals surface area (Å²) in [5, 5.41) is 1.77. The van der Waals surface area contributed by atoms with Gasteiger partial charge in [0.25, 0.3) is 0 Å². The molecule has 0 aromatic heterocycles. The minimum Gasteiger partial charge on any atom is -0.0876 e. The fourth-order valence-electron chi connectivity index (χ4n) is 1.08. The van der Waals surface area contributed by atoms with Crippen LogP contribution in [0.2, 0.25) is 0 Å². The minimum atomic E-state index is 0.613. The zero-order chi connectivity index (χ0) is 8.97. The molecule has 0 unspecified atom stereocenters. The van der Waals surface area contributed by atoms with Gasteiger partial charge in [-0.05, 0) is 30.0 Å². The van der Waals surface area contributed by atoms with Crippen LogP contribution < -0.4 is 0 Å². The third-order valence-corrected chi connectivity index (χ3v) is 3.04. The van der Waals surface area contributed by atoms with Crippen LogP contribution in [0.4, 0.5) is 0 Å². The van der Waals surface area contributed by atoms with Gasteiger partial charge in [0.15, 0.2) is 0 Å². The van der Waals surface area contributed by atoms with Crippen LogP contribution in [0.1, 0.15) is 16.7 Å². The van der Waals surface area contributed by atoms with Crippen molar-refractivity contribution in [2.45, 2.75) is 17.1 Å². The van der Waals surface area contributed by atoms with E-state index < -0.39 is 0 Å². The summed E-state index contributed by atoms with van der Waals surface area (Å²) < 4.78 is 0. The Morgan fingerprint density at radius 3 is 2.33 bits per heavy atom. The van der Waals surface area contributed by atoms with Gasteiger partial charge in [-0.2, -0.15) is 0 Å². The summed E-state index contributed by atoms with van der Waals surface area (Å²) in [5.41, 5.74) is 3.78. The van der Waals surface area contributed by atoms with Crippen LogP contribution in [0.3, 0.4) is 0 Å². The van der Waals surface area contributed by atoms with E-state index in [1.165, 1.54) is 16.7 Å². The molecule has 1 aromatic rings. The minimum absolute atomic E-state index is 0.613. The number of hydrogen-bond acceptors (Lipinski definition) is 0. The van der Waals surface area contributed by atoms with E-state index in [4.69, 9.17) is 6.92 Å². The molecule has 1 aromatic carbocycles. The molecule has 0 amide bonds. The van der Waals surface area contributed by atoms with Gasteiger partial charge in [0.05, 0.1) is 0 Å². The van der Waals surface area contributed by atoms with E-state index in [0.29, 0.717) is 6.42 Å². The van der Waals surface area contributed by atoms with Gasteiger partial charge in [0, 0.05) is 10.7 Å². The van der Waals surface area contributed by atoms with Gasteiger partial charge in [-0.3, -0.25) is 0 Å². The fraction of sp³-hybridized carbons (Fsp3) is 0.300. The van der Waals surface area contributed by atoms with Crippen LogP contribution in [0.25, 0.3) is 0 Å². The predicted molar refractivity (Wildman–Crippen MR) is 59.7 cm³/mol. The van der Waals surface area contributed by atoms with Crippen molar-refractivity contribution in [3.63, 3.8) is 0 Å². The Labute approximate surface area is 90.6 Å². The SMILES string of the molecule is [CH]Cc1cc(CBr)ccc1CBr. The molecule has 0 aliphatic carbocycles. The van der Waals surface area contributed by atoms with Gasteiger partial charge in [-0.1, -0.05) is 50.1 Å². The van der Waals surface area contributed by atoms with Crippen LogP contribution in [-0.4, -0.2) is 0 Å². The first-order valence-electron chi connectivity index (χ1n) is 3.74. The molecule has 0 saturated heterocycles. The third kappa shape index (κ3) is 2.33. The summed E-state index contributed by atoms with van der Waals surface area (Å²) >= 11 is 6.84. The average Bonchev–Trinajstić information content (AvgIpc) is 2.16. The Balaban J connectivity index is 3.02. The van der Waals surface area contributed by atoms with Gasteiger partial charge in [-0.25, -0.2) is 0 Å². The molecule has 0 fully saturated rings. The lowest BCUT2D eigenvalue weighted by Crippen LogP contribution is -1.91. The molecule has 0 nitrogen and oxygen atoms in total. The summed E-state index contributed by atoms with van der Waals surface area (Å²) in [5.74, 6) is 0. The first-order chi connectivity index (χ1) is 5.81. The highest BCUT2D eigenvalue weighted by molar-refractivity contribution is 9.08. The lowest BCUT2D eigenvalue weighted by Gasteiger charge is -2.05. The van der Waals surface area contributed by atoms with Crippen molar-refractivity contribution in [3.05, 3.63) is 41.8 Å². The highest BCUT2D eigenvalue weighted by Crippen LogP contribution is 2.17. The van der Waals surface area contributed by atoms with E-state index in [9.17, 15) is 0 Å². The standard InChI is InChI=1S/C10H10Br2/c1-2-9-5-8(6-11)3-4-10(9)7-12/h1,3-5H,2,6-7H2. The molecule has 0 N–H and O–H groups in total. The molecule has 0 aliphatic heterocycles. The monoisotopic (exact) mass is 288 g/mol. The maximum atomic E-state index is 5.61. The number of benzene rings is 1. The lowest BCUT2D eigenvalue weighted by atomic mass is 10.0. The number of alkyl halides is 2. The second-order valence-electron chi connectivity index (χ2n) is 2.57. The Hall–Kier alpha value is 0.180. The summed E-state index contributed by atoms with van der Waals surface area (Å²) in [4.78, 5) is 0. The molecule has 0 atom stereocenters. The molecular formula is C10H10Br2. The van der Waals surface area contributed by atoms with E-state index >= 15 is 0 Å². The summed E-state index contributed by atoms with van der Waals surface area (Å²) in [7, 11) is 0. The van der Waals surface area contributed by atoms with Crippen molar-refractivity contribution in [2.75, 3.05) is 0 Å². The zero-order valence-electron chi connectivity index (χ0n) is 6.69. The molecule has 12 heavy (non-hydrogen) atoms. The van der Waals surface area contributed by atoms with E-state index in [2.05, 4.69) is 50.1 Å². The van der Waals surface area contributed by atoms with Crippen LogP contribution in [-0.2, 0) is 17.1 Å². The maximum absolute atomic E-state index is 5.61. The van der Waals surface area contributed by atoms with Gasteiger partial charge < -0.3 is 0 Å². The van der Waals surface area contributed by atoms with Crippen molar-refractivity contribution >= 4 is 31.9 Å². The Morgan fingerprint density at radius 1 is 1.08 bits per heavy atom. The molecule has 0 saturated carbocycles. The van der Waals surface area contributed by atoms with E-state index in [0.717, 1.165) is 10.7 Å². The van der Waals surface area contributed by atoms with Gasteiger partial charge >= 0.3 is 0 Å². The van der Waals surface area contributed by atoms with E-state index in [1.807, 2.05) is 0 Å². The van der Waals surface area contributed by atoms with Crippen LogP contribution >= 0.6 is 31.9 Å². The van der Waals surface area contributed by atoms with E-state index in [1.54, 1.807) is 0 Å². The predicted octanol–water partition coefficient (Wildman–Crippen LogP) is 3.73. The van der Waals surface area contributed by atoms with Crippen LogP contribution in [0, 0.1) is 6.92 Å². The Kier molecular flexibility index (Phi) is 4.30. The highest BCUT2D eigenvalue weighted by atomic mass is 79.9. The van der Waals surface area contributed by atoms with Crippen LogP contribution in [0.5, 0.6) is 0 Å². The molecule has 1 rings (SSSR count). The average molecular weight is 290 g/mol. The van der Waals surface area contributed by atoms with Crippen molar-refractivity contribution in [3.8, 4) is 0 Å². The normalized spacial score (nSPS) is 10.2. The molecule has 0 aliphatic rings. The summed E-state index contributed by atoms with van der Waals surface area (Å²) in [6.45, 7) is 5.61. The molecule has 0 heterocycles. The van der Waals surface area contributed by atoms with Crippen molar-refractivity contribution in [1.29, 1.82) is 0 Å². The molecule has 2 heteroatoms. The number of hydrogen-bond donors (Lipinski definition) is 0.